The third-order valence-corrected chi connectivity index (χ3v) is 5.29. The monoisotopic (exact) mass is 400 g/mol. The van der Waals surface area contributed by atoms with Crippen LogP contribution in [0.3, 0.4) is 0 Å². The average Bonchev–Trinajstić information content (AvgIpc) is 2.72. The van der Waals surface area contributed by atoms with Crippen LogP contribution in [0.2, 0.25) is 0 Å². The van der Waals surface area contributed by atoms with Gasteiger partial charge in [0.1, 0.15) is 6.07 Å². The van der Waals surface area contributed by atoms with Gasteiger partial charge in [-0.05, 0) is 42.0 Å². The Hall–Kier alpha value is -3.01. The molecule has 1 N–H and O–H groups in total. The highest BCUT2D eigenvalue weighted by molar-refractivity contribution is 5.89. The van der Waals surface area contributed by atoms with Gasteiger partial charge in [-0.15, -0.1) is 0 Å². The molecule has 2 rings (SSSR count). The first-order valence-electron chi connectivity index (χ1n) is 9.76. The van der Waals surface area contributed by atoms with Gasteiger partial charge in [0, 0.05) is 12.1 Å². The van der Waals surface area contributed by atoms with Gasteiger partial charge in [-0.25, -0.2) is 4.79 Å². The van der Waals surface area contributed by atoms with E-state index in [-0.39, 0.29) is 25.2 Å². The Bertz CT molecular complexity index is 784. The lowest BCUT2D eigenvalue weighted by Gasteiger charge is -2.34. The van der Waals surface area contributed by atoms with Crippen LogP contribution in [-0.4, -0.2) is 38.2 Å². The van der Waals surface area contributed by atoms with Crippen molar-refractivity contribution in [1.29, 1.82) is 5.26 Å². The number of esters is 1. The van der Waals surface area contributed by atoms with Crippen molar-refractivity contribution in [1.82, 2.24) is 5.32 Å². The molecule has 0 bridgehead atoms. The number of rotatable bonds is 8. The SMILES string of the molecule is COc1cc(/C=C/C(=O)OCC(=O)N[C@H]2CCC[C@@H](C)[C@H]2C)ccc1OCC#N. The Labute approximate surface area is 171 Å². The molecule has 1 fully saturated rings. The minimum Gasteiger partial charge on any atom is -0.493 e. The summed E-state index contributed by atoms with van der Waals surface area (Å²) in [5, 5.41) is 11.6. The number of nitrogens with zero attached hydrogens (tertiary/aromatic N) is 1. The number of nitrogens with one attached hydrogen (secondary N) is 1. The van der Waals surface area contributed by atoms with Gasteiger partial charge in [0.25, 0.3) is 5.91 Å². The molecule has 1 amide bonds. The molecule has 0 heterocycles. The Morgan fingerprint density at radius 3 is 2.79 bits per heavy atom. The molecular weight excluding hydrogens is 372 g/mol. The van der Waals surface area contributed by atoms with E-state index in [4.69, 9.17) is 19.5 Å². The number of nitriles is 1. The molecule has 1 aliphatic carbocycles. The molecule has 7 nitrogen and oxygen atoms in total. The summed E-state index contributed by atoms with van der Waals surface area (Å²) in [4.78, 5) is 24.0. The van der Waals surface area contributed by atoms with Crippen molar-refractivity contribution in [2.45, 2.75) is 39.2 Å². The molecule has 0 unspecified atom stereocenters. The lowest BCUT2D eigenvalue weighted by atomic mass is 9.78. The molecular formula is C22H28N2O5. The second-order valence-corrected chi connectivity index (χ2v) is 7.24. The van der Waals surface area contributed by atoms with Crippen molar-refractivity contribution in [3.05, 3.63) is 29.8 Å². The van der Waals surface area contributed by atoms with E-state index in [2.05, 4.69) is 19.2 Å². The number of hydrogen-bond donors (Lipinski definition) is 1. The number of ether oxygens (including phenoxy) is 3. The second kappa shape index (κ2) is 11.1. The first-order valence-corrected chi connectivity index (χ1v) is 9.76. The second-order valence-electron chi connectivity index (χ2n) is 7.24. The molecule has 156 valence electrons. The highest BCUT2D eigenvalue weighted by Gasteiger charge is 2.28. The van der Waals surface area contributed by atoms with E-state index in [1.54, 1.807) is 24.3 Å². The zero-order chi connectivity index (χ0) is 21.2. The Morgan fingerprint density at radius 2 is 2.07 bits per heavy atom. The summed E-state index contributed by atoms with van der Waals surface area (Å²) in [6.07, 6.45) is 6.05. The Balaban J connectivity index is 1.83. The summed E-state index contributed by atoms with van der Waals surface area (Å²) >= 11 is 0. The average molecular weight is 400 g/mol. The summed E-state index contributed by atoms with van der Waals surface area (Å²) in [6.45, 7) is 3.96. The van der Waals surface area contributed by atoms with Crippen molar-refractivity contribution in [3.63, 3.8) is 0 Å². The van der Waals surface area contributed by atoms with Crippen molar-refractivity contribution >= 4 is 18.0 Å². The van der Waals surface area contributed by atoms with Gasteiger partial charge in [0.2, 0.25) is 0 Å². The molecule has 1 aromatic rings. The summed E-state index contributed by atoms with van der Waals surface area (Å²) in [7, 11) is 1.49. The van der Waals surface area contributed by atoms with Crippen LogP contribution in [0, 0.1) is 23.2 Å². The van der Waals surface area contributed by atoms with Gasteiger partial charge in [0.05, 0.1) is 7.11 Å². The maximum Gasteiger partial charge on any atom is 0.331 e. The first-order chi connectivity index (χ1) is 13.9. The van der Waals surface area contributed by atoms with Gasteiger partial charge in [0.15, 0.2) is 24.7 Å². The van der Waals surface area contributed by atoms with Crippen LogP contribution in [-0.2, 0) is 14.3 Å². The molecule has 0 saturated heterocycles. The molecule has 0 spiro atoms. The van der Waals surface area contributed by atoms with Crippen LogP contribution in [0.15, 0.2) is 24.3 Å². The Morgan fingerprint density at radius 1 is 1.28 bits per heavy atom. The molecule has 3 atom stereocenters. The molecule has 0 radical (unpaired) electrons. The lowest BCUT2D eigenvalue weighted by Crippen LogP contribution is -2.45. The zero-order valence-electron chi connectivity index (χ0n) is 17.1. The van der Waals surface area contributed by atoms with E-state index in [0.29, 0.717) is 28.9 Å². The van der Waals surface area contributed by atoms with Gasteiger partial charge < -0.3 is 19.5 Å². The fraction of sp³-hybridized carbons (Fsp3) is 0.500. The highest BCUT2D eigenvalue weighted by atomic mass is 16.5. The number of amides is 1. The number of benzene rings is 1. The first kappa shape index (κ1) is 22.3. The van der Waals surface area contributed by atoms with Crippen LogP contribution >= 0.6 is 0 Å². The van der Waals surface area contributed by atoms with Crippen LogP contribution in [0.25, 0.3) is 6.08 Å². The van der Waals surface area contributed by atoms with Gasteiger partial charge in [-0.2, -0.15) is 5.26 Å². The smallest absolute Gasteiger partial charge is 0.331 e. The van der Waals surface area contributed by atoms with Gasteiger partial charge >= 0.3 is 5.97 Å². The lowest BCUT2D eigenvalue weighted by molar-refractivity contribution is -0.144. The summed E-state index contributed by atoms with van der Waals surface area (Å²) < 4.78 is 15.5. The Kier molecular flexibility index (Phi) is 8.53. The topological polar surface area (TPSA) is 97.7 Å². The third-order valence-electron chi connectivity index (χ3n) is 5.29. The van der Waals surface area contributed by atoms with Crippen LogP contribution in [0.1, 0.15) is 38.7 Å². The fourth-order valence-corrected chi connectivity index (χ4v) is 3.40. The van der Waals surface area contributed by atoms with E-state index in [1.165, 1.54) is 19.6 Å². The maximum atomic E-state index is 12.1. The fourth-order valence-electron chi connectivity index (χ4n) is 3.40. The quantitative estimate of drug-likeness (QED) is 0.532. The van der Waals surface area contributed by atoms with Gasteiger partial charge in [-0.3, -0.25) is 4.79 Å². The highest BCUT2D eigenvalue weighted by Crippen LogP contribution is 2.29. The number of carbonyl (C=O) groups excluding carboxylic acids is 2. The normalized spacial score (nSPS) is 21.2. The van der Waals surface area contributed by atoms with Crippen molar-refractivity contribution < 1.29 is 23.8 Å². The van der Waals surface area contributed by atoms with E-state index in [0.717, 1.165) is 12.8 Å². The molecule has 0 aliphatic heterocycles. The van der Waals surface area contributed by atoms with Crippen molar-refractivity contribution in [2.24, 2.45) is 11.8 Å². The minimum atomic E-state index is -0.603. The summed E-state index contributed by atoms with van der Waals surface area (Å²) in [5.74, 6) is 1.00. The predicted octanol–water partition coefficient (Wildman–Crippen LogP) is 3.09. The van der Waals surface area contributed by atoms with Crippen molar-refractivity contribution in [2.75, 3.05) is 20.3 Å². The summed E-state index contributed by atoms with van der Waals surface area (Å²) in [6, 6.07) is 7.07. The zero-order valence-corrected chi connectivity index (χ0v) is 17.1. The molecule has 0 aromatic heterocycles. The molecule has 1 saturated carbocycles. The summed E-state index contributed by atoms with van der Waals surface area (Å²) in [5.41, 5.74) is 0.692. The maximum absolute atomic E-state index is 12.1. The molecule has 7 heteroatoms. The van der Waals surface area contributed by atoms with E-state index < -0.39 is 5.97 Å². The van der Waals surface area contributed by atoms with Crippen LogP contribution in [0.4, 0.5) is 0 Å². The number of methoxy groups -OCH3 is 1. The predicted molar refractivity (Wildman–Crippen MR) is 108 cm³/mol. The van der Waals surface area contributed by atoms with Crippen molar-refractivity contribution in [3.8, 4) is 17.6 Å². The third kappa shape index (κ3) is 6.83. The van der Waals surface area contributed by atoms with E-state index in [9.17, 15) is 9.59 Å². The van der Waals surface area contributed by atoms with Crippen LogP contribution in [0.5, 0.6) is 11.5 Å². The number of carbonyl (C=O) groups is 2. The molecule has 1 aromatic carbocycles. The largest absolute Gasteiger partial charge is 0.493 e. The van der Waals surface area contributed by atoms with E-state index in [1.807, 2.05) is 6.07 Å². The molecule has 1 aliphatic rings. The minimum absolute atomic E-state index is 0.0848. The van der Waals surface area contributed by atoms with E-state index >= 15 is 0 Å². The van der Waals surface area contributed by atoms with Gasteiger partial charge in [-0.1, -0.05) is 32.8 Å². The standard InChI is InChI=1S/C22H28N2O5/c1-15-5-4-6-18(16(15)2)24-21(25)14-29-22(26)10-8-17-7-9-19(28-12-11-23)20(13-17)27-3/h7-10,13,15-16,18H,4-6,12,14H2,1-3H3,(H,24,25)/b10-8+/t15-,16-,18+/m1/s1. The number of hydrogen-bond acceptors (Lipinski definition) is 6. The molecule has 29 heavy (non-hydrogen) atoms. The van der Waals surface area contributed by atoms with Crippen LogP contribution < -0.4 is 14.8 Å².